The SMILES string of the molecule is CCC(C)NC(=O)c1oc2ccccc2c1COc1ccccc1. The standard InChI is InChI=1S/C20H21NO3/c1-3-14(2)21-20(22)19-17(13-23-15-9-5-4-6-10-15)16-11-7-8-12-18(16)24-19/h4-12,14H,3,13H2,1-2H3,(H,21,22). The second-order valence-electron chi connectivity index (χ2n) is 5.79. The predicted molar refractivity (Wildman–Crippen MR) is 94.2 cm³/mol. The Kier molecular flexibility index (Phi) is 4.85. The maximum atomic E-state index is 12.6. The molecule has 4 nitrogen and oxygen atoms in total. The number of ether oxygens (including phenoxy) is 1. The van der Waals surface area contributed by atoms with Crippen LogP contribution in [0, 0.1) is 0 Å². The van der Waals surface area contributed by atoms with Gasteiger partial charge >= 0.3 is 0 Å². The molecule has 0 saturated heterocycles. The van der Waals surface area contributed by atoms with Crippen LogP contribution in [0.2, 0.25) is 0 Å². The first-order valence-corrected chi connectivity index (χ1v) is 8.18. The fourth-order valence-corrected chi connectivity index (χ4v) is 2.49. The first-order valence-electron chi connectivity index (χ1n) is 8.18. The summed E-state index contributed by atoms with van der Waals surface area (Å²) >= 11 is 0. The number of hydrogen-bond acceptors (Lipinski definition) is 3. The molecule has 3 rings (SSSR count). The Hall–Kier alpha value is -2.75. The predicted octanol–water partition coefficient (Wildman–Crippen LogP) is 4.54. The van der Waals surface area contributed by atoms with E-state index < -0.39 is 0 Å². The summed E-state index contributed by atoms with van der Waals surface area (Å²) in [5.41, 5.74) is 1.47. The smallest absolute Gasteiger partial charge is 0.287 e. The second kappa shape index (κ2) is 7.21. The summed E-state index contributed by atoms with van der Waals surface area (Å²) in [4.78, 5) is 12.6. The van der Waals surface area contributed by atoms with E-state index in [2.05, 4.69) is 5.32 Å². The van der Waals surface area contributed by atoms with Crippen molar-refractivity contribution in [3.05, 3.63) is 65.9 Å². The minimum atomic E-state index is -0.202. The Balaban J connectivity index is 1.91. The summed E-state index contributed by atoms with van der Waals surface area (Å²) < 4.78 is 11.6. The van der Waals surface area contributed by atoms with Crippen molar-refractivity contribution >= 4 is 16.9 Å². The van der Waals surface area contributed by atoms with Crippen LogP contribution >= 0.6 is 0 Å². The fraction of sp³-hybridized carbons (Fsp3) is 0.250. The first kappa shape index (κ1) is 16.1. The third kappa shape index (κ3) is 3.43. The van der Waals surface area contributed by atoms with E-state index in [0.717, 1.165) is 23.1 Å². The van der Waals surface area contributed by atoms with Crippen LogP contribution in [0.1, 0.15) is 36.4 Å². The normalized spacial score (nSPS) is 12.1. The molecule has 0 radical (unpaired) electrons. The highest BCUT2D eigenvalue weighted by Gasteiger charge is 2.21. The zero-order chi connectivity index (χ0) is 16.9. The van der Waals surface area contributed by atoms with Crippen LogP contribution in [-0.4, -0.2) is 11.9 Å². The van der Waals surface area contributed by atoms with Crippen LogP contribution in [0.25, 0.3) is 11.0 Å². The van der Waals surface area contributed by atoms with E-state index in [-0.39, 0.29) is 18.6 Å². The monoisotopic (exact) mass is 323 g/mol. The summed E-state index contributed by atoms with van der Waals surface area (Å²) in [5.74, 6) is 0.885. The number of carbonyl (C=O) groups excluding carboxylic acids is 1. The fourth-order valence-electron chi connectivity index (χ4n) is 2.49. The number of para-hydroxylation sites is 2. The molecule has 1 aromatic heterocycles. The molecule has 0 aliphatic carbocycles. The molecule has 1 atom stereocenters. The highest BCUT2D eigenvalue weighted by molar-refractivity contribution is 5.99. The third-order valence-electron chi connectivity index (χ3n) is 4.02. The highest BCUT2D eigenvalue weighted by Crippen LogP contribution is 2.27. The summed E-state index contributed by atoms with van der Waals surface area (Å²) in [7, 11) is 0. The first-order chi connectivity index (χ1) is 11.7. The Bertz CT molecular complexity index is 823. The molecule has 4 heteroatoms. The quantitative estimate of drug-likeness (QED) is 0.724. The molecule has 124 valence electrons. The van der Waals surface area contributed by atoms with E-state index in [4.69, 9.17) is 9.15 Å². The molecule has 2 aromatic carbocycles. The molecule has 0 fully saturated rings. The Labute approximate surface area is 141 Å². The van der Waals surface area contributed by atoms with Crippen molar-refractivity contribution in [1.82, 2.24) is 5.32 Å². The van der Waals surface area contributed by atoms with Gasteiger partial charge < -0.3 is 14.5 Å². The molecule has 24 heavy (non-hydrogen) atoms. The molecule has 3 aromatic rings. The van der Waals surface area contributed by atoms with Crippen LogP contribution in [0.3, 0.4) is 0 Å². The van der Waals surface area contributed by atoms with Crippen LogP contribution in [0.15, 0.2) is 59.0 Å². The average Bonchev–Trinajstić information content (AvgIpc) is 2.99. The minimum absolute atomic E-state index is 0.0913. The molecule has 1 heterocycles. The summed E-state index contributed by atoms with van der Waals surface area (Å²) in [6.45, 7) is 4.29. The molecule has 0 aliphatic rings. The maximum Gasteiger partial charge on any atom is 0.287 e. The van der Waals surface area contributed by atoms with Gasteiger partial charge in [-0.1, -0.05) is 43.3 Å². The lowest BCUT2D eigenvalue weighted by Gasteiger charge is -2.11. The average molecular weight is 323 g/mol. The van der Waals surface area contributed by atoms with Crippen LogP contribution in [0.4, 0.5) is 0 Å². The number of benzene rings is 2. The van der Waals surface area contributed by atoms with E-state index in [1.165, 1.54) is 0 Å². The molecular weight excluding hydrogens is 302 g/mol. The number of fused-ring (bicyclic) bond motifs is 1. The van der Waals surface area contributed by atoms with Gasteiger partial charge in [-0.05, 0) is 31.5 Å². The lowest BCUT2D eigenvalue weighted by atomic mass is 10.1. The number of rotatable bonds is 6. The van der Waals surface area contributed by atoms with E-state index in [9.17, 15) is 4.79 Å². The van der Waals surface area contributed by atoms with E-state index in [1.807, 2.05) is 68.4 Å². The Morgan fingerprint density at radius 3 is 2.58 bits per heavy atom. The topological polar surface area (TPSA) is 51.5 Å². The highest BCUT2D eigenvalue weighted by atomic mass is 16.5. The summed E-state index contributed by atoms with van der Waals surface area (Å²) in [6.07, 6.45) is 0.863. The minimum Gasteiger partial charge on any atom is -0.489 e. The van der Waals surface area contributed by atoms with Crippen LogP contribution < -0.4 is 10.1 Å². The van der Waals surface area contributed by atoms with Gasteiger partial charge in [0, 0.05) is 17.0 Å². The molecule has 0 aliphatic heterocycles. The summed E-state index contributed by atoms with van der Waals surface area (Å²) in [5, 5.41) is 3.86. The molecule has 0 saturated carbocycles. The molecule has 1 unspecified atom stereocenters. The number of amides is 1. The van der Waals surface area contributed by atoms with Gasteiger partial charge in [0.15, 0.2) is 5.76 Å². The molecule has 0 bridgehead atoms. The zero-order valence-corrected chi connectivity index (χ0v) is 13.9. The van der Waals surface area contributed by atoms with E-state index in [1.54, 1.807) is 0 Å². The van der Waals surface area contributed by atoms with E-state index in [0.29, 0.717) is 11.3 Å². The molecule has 1 amide bonds. The van der Waals surface area contributed by atoms with Gasteiger partial charge in [-0.15, -0.1) is 0 Å². The number of furan rings is 1. The second-order valence-corrected chi connectivity index (χ2v) is 5.79. The molecule has 1 N–H and O–H groups in total. The third-order valence-corrected chi connectivity index (χ3v) is 4.02. The van der Waals surface area contributed by atoms with Crippen molar-refractivity contribution in [1.29, 1.82) is 0 Å². The Morgan fingerprint density at radius 1 is 1.12 bits per heavy atom. The zero-order valence-electron chi connectivity index (χ0n) is 13.9. The maximum absolute atomic E-state index is 12.6. The van der Waals surface area contributed by atoms with Gasteiger partial charge in [0.2, 0.25) is 0 Å². The number of hydrogen-bond donors (Lipinski definition) is 1. The summed E-state index contributed by atoms with van der Waals surface area (Å²) in [6, 6.07) is 17.3. The van der Waals surface area contributed by atoms with Gasteiger partial charge in [-0.3, -0.25) is 4.79 Å². The van der Waals surface area contributed by atoms with Crippen molar-refractivity contribution < 1.29 is 13.9 Å². The van der Waals surface area contributed by atoms with Gasteiger partial charge in [0.25, 0.3) is 5.91 Å². The largest absolute Gasteiger partial charge is 0.489 e. The van der Waals surface area contributed by atoms with Crippen molar-refractivity contribution in [2.75, 3.05) is 0 Å². The molecular formula is C20H21NO3. The van der Waals surface area contributed by atoms with Gasteiger partial charge in [0.1, 0.15) is 17.9 Å². The van der Waals surface area contributed by atoms with Crippen molar-refractivity contribution in [3.8, 4) is 5.75 Å². The van der Waals surface area contributed by atoms with Gasteiger partial charge in [0.05, 0.1) is 0 Å². The number of carbonyl (C=O) groups is 1. The van der Waals surface area contributed by atoms with Crippen molar-refractivity contribution in [2.45, 2.75) is 32.9 Å². The van der Waals surface area contributed by atoms with Gasteiger partial charge in [-0.25, -0.2) is 0 Å². The lowest BCUT2D eigenvalue weighted by molar-refractivity contribution is 0.0910. The Morgan fingerprint density at radius 2 is 1.83 bits per heavy atom. The van der Waals surface area contributed by atoms with Crippen molar-refractivity contribution in [2.24, 2.45) is 0 Å². The van der Waals surface area contributed by atoms with Crippen molar-refractivity contribution in [3.63, 3.8) is 0 Å². The van der Waals surface area contributed by atoms with Gasteiger partial charge in [-0.2, -0.15) is 0 Å². The van der Waals surface area contributed by atoms with Crippen LogP contribution in [0.5, 0.6) is 5.75 Å². The molecule has 0 spiro atoms. The van der Waals surface area contributed by atoms with Crippen LogP contribution in [-0.2, 0) is 6.61 Å². The lowest BCUT2D eigenvalue weighted by Crippen LogP contribution is -2.32. The van der Waals surface area contributed by atoms with E-state index >= 15 is 0 Å². The number of nitrogens with one attached hydrogen (secondary N) is 1.